The molecule has 0 aromatic rings. The number of fused-ring (bicyclic) bond motifs is 2. The molecule has 0 aliphatic carbocycles. The van der Waals surface area contributed by atoms with Crippen molar-refractivity contribution in [3.8, 4) is 0 Å². The van der Waals surface area contributed by atoms with E-state index >= 15 is 0 Å². The third kappa shape index (κ3) is 3.96. The average Bonchev–Trinajstić information content (AvgIpc) is 2.90. The molecule has 2 bridgehead atoms. The Balaban J connectivity index is 1.53. The van der Waals surface area contributed by atoms with Crippen LogP contribution in [-0.4, -0.2) is 24.3 Å². The van der Waals surface area contributed by atoms with E-state index in [4.69, 9.17) is 4.74 Å². The second-order valence-corrected chi connectivity index (χ2v) is 5.99. The third-order valence-corrected chi connectivity index (χ3v) is 4.35. The SMILES string of the molecule is CCCCCCCC(C)NC1CC2CCC1O2. The van der Waals surface area contributed by atoms with Crippen LogP contribution in [-0.2, 0) is 4.74 Å². The zero-order valence-corrected chi connectivity index (χ0v) is 11.6. The quantitative estimate of drug-likeness (QED) is 0.653. The van der Waals surface area contributed by atoms with Crippen molar-refractivity contribution in [2.75, 3.05) is 0 Å². The maximum atomic E-state index is 5.88. The predicted octanol–water partition coefficient (Wildman–Crippen LogP) is 3.64. The molecular weight excluding hydrogens is 210 g/mol. The van der Waals surface area contributed by atoms with Gasteiger partial charge in [-0.3, -0.25) is 0 Å². The first-order valence-corrected chi connectivity index (χ1v) is 7.71. The summed E-state index contributed by atoms with van der Waals surface area (Å²) in [7, 11) is 0. The van der Waals surface area contributed by atoms with E-state index in [-0.39, 0.29) is 0 Å². The van der Waals surface area contributed by atoms with Gasteiger partial charge in [-0.15, -0.1) is 0 Å². The van der Waals surface area contributed by atoms with Crippen LogP contribution in [0.15, 0.2) is 0 Å². The monoisotopic (exact) mass is 239 g/mol. The Morgan fingerprint density at radius 2 is 2.00 bits per heavy atom. The Bertz CT molecular complexity index is 219. The molecule has 2 aliphatic heterocycles. The van der Waals surface area contributed by atoms with E-state index in [2.05, 4.69) is 19.2 Å². The molecule has 2 nitrogen and oxygen atoms in total. The number of ether oxygens (including phenoxy) is 1. The summed E-state index contributed by atoms with van der Waals surface area (Å²) in [6.07, 6.45) is 13.2. The van der Waals surface area contributed by atoms with Crippen molar-refractivity contribution in [1.29, 1.82) is 0 Å². The first-order valence-electron chi connectivity index (χ1n) is 7.71. The highest BCUT2D eigenvalue weighted by Gasteiger charge is 2.40. The van der Waals surface area contributed by atoms with E-state index in [1.165, 1.54) is 57.8 Å². The maximum absolute atomic E-state index is 5.88. The fourth-order valence-corrected chi connectivity index (χ4v) is 3.32. The standard InChI is InChI=1S/C15H29NO/c1-3-4-5-6-7-8-12(2)16-14-11-13-9-10-15(14)17-13/h12-16H,3-11H2,1-2H3. The van der Waals surface area contributed by atoms with Gasteiger partial charge in [0.25, 0.3) is 0 Å². The number of rotatable bonds is 8. The Kier molecular flexibility index (Phi) is 5.30. The van der Waals surface area contributed by atoms with Crippen LogP contribution < -0.4 is 5.32 Å². The number of hydrogen-bond donors (Lipinski definition) is 1. The van der Waals surface area contributed by atoms with Gasteiger partial charge in [-0.1, -0.05) is 39.0 Å². The molecule has 2 fully saturated rings. The summed E-state index contributed by atoms with van der Waals surface area (Å²) >= 11 is 0. The van der Waals surface area contributed by atoms with Crippen molar-refractivity contribution in [2.24, 2.45) is 0 Å². The van der Waals surface area contributed by atoms with Gasteiger partial charge in [-0.25, -0.2) is 0 Å². The summed E-state index contributed by atoms with van der Waals surface area (Å²) in [5.41, 5.74) is 0. The van der Waals surface area contributed by atoms with Crippen molar-refractivity contribution in [2.45, 2.75) is 95.9 Å². The van der Waals surface area contributed by atoms with Gasteiger partial charge in [0, 0.05) is 12.1 Å². The van der Waals surface area contributed by atoms with Gasteiger partial charge in [0.2, 0.25) is 0 Å². The van der Waals surface area contributed by atoms with Gasteiger partial charge in [0.1, 0.15) is 0 Å². The number of hydrogen-bond acceptors (Lipinski definition) is 2. The molecule has 2 heteroatoms. The van der Waals surface area contributed by atoms with Crippen LogP contribution in [0, 0.1) is 0 Å². The number of unbranched alkanes of at least 4 members (excludes halogenated alkanes) is 4. The molecule has 0 amide bonds. The molecule has 2 heterocycles. The molecule has 0 aromatic carbocycles. The average molecular weight is 239 g/mol. The summed E-state index contributed by atoms with van der Waals surface area (Å²) < 4.78 is 5.88. The summed E-state index contributed by atoms with van der Waals surface area (Å²) in [6.45, 7) is 4.62. The second-order valence-electron chi connectivity index (χ2n) is 5.99. The fourth-order valence-electron chi connectivity index (χ4n) is 3.32. The van der Waals surface area contributed by atoms with Crippen molar-refractivity contribution < 1.29 is 4.74 Å². The molecule has 2 aliphatic rings. The Hall–Kier alpha value is -0.0800. The van der Waals surface area contributed by atoms with Crippen LogP contribution in [0.25, 0.3) is 0 Å². The van der Waals surface area contributed by atoms with Gasteiger partial charge in [-0.05, 0) is 32.6 Å². The molecule has 2 rings (SSSR count). The molecule has 17 heavy (non-hydrogen) atoms. The van der Waals surface area contributed by atoms with Crippen LogP contribution in [0.2, 0.25) is 0 Å². The van der Waals surface area contributed by atoms with Crippen molar-refractivity contribution in [3.63, 3.8) is 0 Å². The van der Waals surface area contributed by atoms with Crippen LogP contribution in [0.3, 0.4) is 0 Å². The van der Waals surface area contributed by atoms with E-state index < -0.39 is 0 Å². The first-order chi connectivity index (χ1) is 8.29. The van der Waals surface area contributed by atoms with Gasteiger partial charge in [0.15, 0.2) is 0 Å². The molecule has 1 N–H and O–H groups in total. The van der Waals surface area contributed by atoms with E-state index in [1.807, 2.05) is 0 Å². The molecule has 2 saturated heterocycles. The lowest BCUT2D eigenvalue weighted by Gasteiger charge is -2.24. The summed E-state index contributed by atoms with van der Waals surface area (Å²) in [5.74, 6) is 0. The van der Waals surface area contributed by atoms with Gasteiger partial charge in [-0.2, -0.15) is 0 Å². The summed E-state index contributed by atoms with van der Waals surface area (Å²) in [4.78, 5) is 0. The topological polar surface area (TPSA) is 21.3 Å². The number of nitrogens with one attached hydrogen (secondary N) is 1. The van der Waals surface area contributed by atoms with Crippen molar-refractivity contribution in [1.82, 2.24) is 5.32 Å². The van der Waals surface area contributed by atoms with Crippen molar-refractivity contribution >= 4 is 0 Å². The molecule has 0 saturated carbocycles. The zero-order valence-electron chi connectivity index (χ0n) is 11.6. The van der Waals surface area contributed by atoms with Crippen LogP contribution in [0.5, 0.6) is 0 Å². The van der Waals surface area contributed by atoms with Gasteiger partial charge in [0.05, 0.1) is 12.2 Å². The zero-order chi connectivity index (χ0) is 12.1. The van der Waals surface area contributed by atoms with Gasteiger partial charge >= 0.3 is 0 Å². The van der Waals surface area contributed by atoms with E-state index in [1.54, 1.807) is 0 Å². The molecule has 100 valence electrons. The first kappa shape index (κ1) is 13.4. The Labute approximate surface area is 107 Å². The summed E-state index contributed by atoms with van der Waals surface area (Å²) in [5, 5.41) is 3.78. The molecule has 0 aromatic heterocycles. The lowest BCUT2D eigenvalue weighted by Crippen LogP contribution is -2.42. The fraction of sp³-hybridized carbons (Fsp3) is 1.00. The lowest BCUT2D eigenvalue weighted by molar-refractivity contribution is 0.0960. The van der Waals surface area contributed by atoms with Crippen LogP contribution >= 0.6 is 0 Å². The largest absolute Gasteiger partial charge is 0.373 e. The Morgan fingerprint density at radius 3 is 2.65 bits per heavy atom. The second kappa shape index (κ2) is 6.75. The Morgan fingerprint density at radius 1 is 1.18 bits per heavy atom. The molecule has 4 atom stereocenters. The van der Waals surface area contributed by atoms with E-state index in [0.29, 0.717) is 24.3 Å². The van der Waals surface area contributed by atoms with E-state index in [0.717, 1.165) is 0 Å². The summed E-state index contributed by atoms with van der Waals surface area (Å²) in [6, 6.07) is 1.32. The van der Waals surface area contributed by atoms with Crippen LogP contribution in [0.4, 0.5) is 0 Å². The lowest BCUT2D eigenvalue weighted by atomic mass is 9.94. The third-order valence-electron chi connectivity index (χ3n) is 4.35. The highest BCUT2D eigenvalue weighted by Crippen LogP contribution is 2.34. The smallest absolute Gasteiger partial charge is 0.0733 e. The molecular formula is C15H29NO. The van der Waals surface area contributed by atoms with Crippen LogP contribution in [0.1, 0.15) is 71.6 Å². The van der Waals surface area contributed by atoms with E-state index in [9.17, 15) is 0 Å². The highest BCUT2D eigenvalue weighted by atomic mass is 16.5. The predicted molar refractivity (Wildman–Crippen MR) is 72.3 cm³/mol. The molecule has 4 unspecified atom stereocenters. The minimum atomic E-state index is 0.530. The highest BCUT2D eigenvalue weighted by molar-refractivity contribution is 4.94. The minimum absolute atomic E-state index is 0.530. The van der Waals surface area contributed by atoms with Gasteiger partial charge < -0.3 is 10.1 Å². The normalized spacial score (nSPS) is 33.2. The van der Waals surface area contributed by atoms with Crippen molar-refractivity contribution in [3.05, 3.63) is 0 Å². The minimum Gasteiger partial charge on any atom is -0.373 e. The molecule has 0 spiro atoms. The molecule has 0 radical (unpaired) electrons. The maximum Gasteiger partial charge on any atom is 0.0733 e.